The third kappa shape index (κ3) is 9.02. The first-order valence-corrected chi connectivity index (χ1v) is 11.6. The number of rotatable bonds is 13. The van der Waals surface area contributed by atoms with E-state index in [2.05, 4.69) is 25.9 Å². The maximum Gasteiger partial charge on any atom is 0.325 e. The molecule has 0 saturated carbocycles. The Labute approximate surface area is 209 Å². The van der Waals surface area contributed by atoms with Crippen LogP contribution < -0.4 is 21.7 Å². The van der Waals surface area contributed by atoms with Gasteiger partial charge in [-0.1, -0.05) is 26.0 Å². The molecule has 1 aromatic carbocycles. The van der Waals surface area contributed by atoms with Crippen LogP contribution in [0.4, 0.5) is 0 Å². The van der Waals surface area contributed by atoms with Gasteiger partial charge < -0.3 is 36.9 Å². The number of imidazole rings is 1. The monoisotopic (exact) mass is 502 g/mol. The quantitative estimate of drug-likeness (QED) is 0.196. The van der Waals surface area contributed by atoms with Crippen molar-refractivity contribution in [1.29, 1.82) is 0 Å². The van der Waals surface area contributed by atoms with E-state index in [-0.39, 0.29) is 24.5 Å². The van der Waals surface area contributed by atoms with Crippen LogP contribution in [-0.2, 0) is 32.0 Å². The van der Waals surface area contributed by atoms with Crippen LogP contribution in [0.5, 0.6) is 5.75 Å². The van der Waals surface area contributed by atoms with Gasteiger partial charge in [-0.15, -0.1) is 0 Å². The summed E-state index contributed by atoms with van der Waals surface area (Å²) in [5.41, 5.74) is 7.19. The number of carboxylic acids is 1. The Morgan fingerprint density at radius 3 is 2.08 bits per heavy atom. The summed E-state index contributed by atoms with van der Waals surface area (Å²) in [7, 11) is 0. The fourth-order valence-corrected chi connectivity index (χ4v) is 3.44. The molecule has 196 valence electrons. The molecule has 4 atom stereocenters. The SMILES string of the molecule is CC(C)CC(N)C(=O)NC(Cc1ccc(O)cc1)C(=O)NC(Cc1cnc[nH]1)C(=O)NC(C)C(=O)O. The summed E-state index contributed by atoms with van der Waals surface area (Å²) in [5, 5.41) is 26.3. The number of phenolic OH excluding ortho intramolecular Hbond substituents is 1. The molecule has 4 unspecified atom stereocenters. The summed E-state index contributed by atoms with van der Waals surface area (Å²) in [5.74, 6) is -2.90. The van der Waals surface area contributed by atoms with Crippen molar-refractivity contribution >= 4 is 23.7 Å². The van der Waals surface area contributed by atoms with Crippen molar-refractivity contribution in [2.24, 2.45) is 11.7 Å². The second-order valence-electron chi connectivity index (χ2n) is 9.08. The lowest BCUT2D eigenvalue weighted by Crippen LogP contribution is -2.58. The molecule has 0 saturated heterocycles. The van der Waals surface area contributed by atoms with E-state index in [0.29, 0.717) is 17.7 Å². The van der Waals surface area contributed by atoms with E-state index in [1.54, 1.807) is 12.1 Å². The summed E-state index contributed by atoms with van der Waals surface area (Å²) in [6.45, 7) is 5.15. The number of aromatic hydroxyl groups is 1. The number of amides is 3. The Hall–Kier alpha value is -3.93. The number of nitrogens with zero attached hydrogens (tertiary/aromatic N) is 1. The van der Waals surface area contributed by atoms with Gasteiger partial charge >= 0.3 is 5.97 Å². The van der Waals surface area contributed by atoms with Gasteiger partial charge in [0.1, 0.15) is 23.9 Å². The van der Waals surface area contributed by atoms with Gasteiger partial charge in [-0.3, -0.25) is 19.2 Å². The number of hydrogen-bond acceptors (Lipinski definition) is 7. The number of aliphatic carboxylic acids is 1. The highest BCUT2D eigenvalue weighted by molar-refractivity contribution is 5.94. The van der Waals surface area contributed by atoms with Crippen LogP contribution in [-0.4, -0.2) is 68.0 Å². The fraction of sp³-hybridized carbons (Fsp3) is 0.458. The Bertz CT molecular complexity index is 1020. The van der Waals surface area contributed by atoms with Crippen molar-refractivity contribution in [3.8, 4) is 5.75 Å². The molecule has 2 aromatic rings. The predicted molar refractivity (Wildman–Crippen MR) is 131 cm³/mol. The lowest BCUT2D eigenvalue weighted by Gasteiger charge is -2.25. The molecular weight excluding hydrogens is 468 g/mol. The zero-order chi connectivity index (χ0) is 26.8. The maximum absolute atomic E-state index is 13.3. The number of phenols is 1. The minimum absolute atomic E-state index is 0.0106. The number of nitrogens with one attached hydrogen (secondary N) is 4. The summed E-state index contributed by atoms with van der Waals surface area (Å²) in [4.78, 5) is 56.8. The summed E-state index contributed by atoms with van der Waals surface area (Å²) in [6.07, 6.45) is 3.38. The summed E-state index contributed by atoms with van der Waals surface area (Å²) >= 11 is 0. The van der Waals surface area contributed by atoms with E-state index in [1.807, 2.05) is 13.8 Å². The smallest absolute Gasteiger partial charge is 0.325 e. The molecule has 0 fully saturated rings. The van der Waals surface area contributed by atoms with Gasteiger partial charge in [0.25, 0.3) is 0 Å². The van der Waals surface area contributed by atoms with E-state index >= 15 is 0 Å². The van der Waals surface area contributed by atoms with Gasteiger partial charge in [0.15, 0.2) is 0 Å². The lowest BCUT2D eigenvalue weighted by atomic mass is 10.0. The zero-order valence-corrected chi connectivity index (χ0v) is 20.5. The van der Waals surface area contributed by atoms with Crippen LogP contribution >= 0.6 is 0 Å². The molecule has 0 spiro atoms. The van der Waals surface area contributed by atoms with E-state index in [9.17, 15) is 24.3 Å². The number of H-pyrrole nitrogens is 1. The second kappa shape index (κ2) is 13.2. The van der Waals surface area contributed by atoms with Crippen LogP contribution in [0.15, 0.2) is 36.8 Å². The van der Waals surface area contributed by atoms with E-state index < -0.39 is 47.9 Å². The highest BCUT2D eigenvalue weighted by atomic mass is 16.4. The first kappa shape index (κ1) is 28.3. The van der Waals surface area contributed by atoms with E-state index in [0.717, 1.165) is 0 Å². The highest BCUT2D eigenvalue weighted by Crippen LogP contribution is 2.12. The number of aromatic nitrogens is 2. The maximum atomic E-state index is 13.3. The second-order valence-corrected chi connectivity index (χ2v) is 9.08. The highest BCUT2D eigenvalue weighted by Gasteiger charge is 2.30. The Kier molecular flexibility index (Phi) is 10.4. The number of benzene rings is 1. The first-order valence-electron chi connectivity index (χ1n) is 11.6. The van der Waals surface area contributed by atoms with Gasteiger partial charge in [-0.05, 0) is 37.0 Å². The van der Waals surface area contributed by atoms with Gasteiger partial charge in [0.2, 0.25) is 17.7 Å². The molecule has 0 bridgehead atoms. The van der Waals surface area contributed by atoms with E-state index in [1.165, 1.54) is 31.6 Å². The molecule has 0 aliphatic carbocycles. The van der Waals surface area contributed by atoms with Crippen LogP contribution in [0.1, 0.15) is 38.4 Å². The van der Waals surface area contributed by atoms with Crippen molar-refractivity contribution in [1.82, 2.24) is 25.9 Å². The minimum atomic E-state index is -1.23. The molecule has 0 aliphatic heterocycles. The minimum Gasteiger partial charge on any atom is -0.508 e. The molecule has 2 rings (SSSR count). The normalized spacial score (nSPS) is 14.4. The largest absolute Gasteiger partial charge is 0.508 e. The number of hydrogen-bond donors (Lipinski definition) is 7. The van der Waals surface area contributed by atoms with Crippen LogP contribution in [0.25, 0.3) is 0 Å². The number of carbonyl (C=O) groups is 4. The molecule has 1 aromatic heterocycles. The number of aromatic amines is 1. The van der Waals surface area contributed by atoms with Crippen LogP contribution in [0.3, 0.4) is 0 Å². The standard InChI is InChI=1S/C24H34N6O6/c1-13(2)8-18(25)21(32)29-19(9-15-4-6-17(31)7-5-15)23(34)30-20(10-16-11-26-12-27-16)22(33)28-14(3)24(35)36/h4-7,11-14,18-20,31H,8-10,25H2,1-3H3,(H,26,27)(H,28,33)(H,29,32)(H,30,34)(H,35,36). The molecule has 12 nitrogen and oxygen atoms in total. The van der Waals surface area contributed by atoms with Crippen molar-refractivity contribution in [2.45, 2.75) is 64.2 Å². The zero-order valence-electron chi connectivity index (χ0n) is 20.5. The third-order valence-electron chi connectivity index (χ3n) is 5.41. The van der Waals surface area contributed by atoms with Gasteiger partial charge in [0, 0.05) is 24.7 Å². The van der Waals surface area contributed by atoms with Gasteiger partial charge in [-0.2, -0.15) is 0 Å². The van der Waals surface area contributed by atoms with Gasteiger partial charge in [0.05, 0.1) is 12.4 Å². The number of carbonyl (C=O) groups excluding carboxylic acids is 3. The number of carboxylic acid groups (broad SMARTS) is 1. The third-order valence-corrected chi connectivity index (χ3v) is 5.41. The molecular formula is C24H34N6O6. The molecule has 0 aliphatic rings. The van der Waals surface area contributed by atoms with Crippen LogP contribution in [0.2, 0.25) is 0 Å². The molecule has 12 heteroatoms. The molecule has 36 heavy (non-hydrogen) atoms. The van der Waals surface area contributed by atoms with E-state index in [4.69, 9.17) is 10.8 Å². The molecule has 0 radical (unpaired) electrons. The van der Waals surface area contributed by atoms with Crippen LogP contribution in [0, 0.1) is 5.92 Å². The molecule has 8 N–H and O–H groups in total. The topological polar surface area (TPSA) is 200 Å². The Morgan fingerprint density at radius 2 is 1.53 bits per heavy atom. The van der Waals surface area contributed by atoms with Crippen molar-refractivity contribution in [2.75, 3.05) is 0 Å². The lowest BCUT2D eigenvalue weighted by molar-refractivity contribution is -0.141. The van der Waals surface area contributed by atoms with Crippen molar-refractivity contribution in [3.63, 3.8) is 0 Å². The molecule has 3 amide bonds. The fourth-order valence-electron chi connectivity index (χ4n) is 3.44. The Balaban J connectivity index is 2.25. The molecule has 1 heterocycles. The number of nitrogens with two attached hydrogens (primary N) is 1. The Morgan fingerprint density at radius 1 is 0.944 bits per heavy atom. The average molecular weight is 503 g/mol. The average Bonchev–Trinajstić information content (AvgIpc) is 3.32. The van der Waals surface area contributed by atoms with Crippen molar-refractivity contribution < 1.29 is 29.4 Å². The van der Waals surface area contributed by atoms with Crippen molar-refractivity contribution in [3.05, 3.63) is 48.0 Å². The first-order chi connectivity index (χ1) is 17.0. The summed E-state index contributed by atoms with van der Waals surface area (Å²) in [6, 6.07) is 1.88. The predicted octanol–water partition coefficient (Wildman–Crippen LogP) is -0.167. The van der Waals surface area contributed by atoms with Gasteiger partial charge in [-0.25, -0.2) is 4.98 Å². The summed E-state index contributed by atoms with van der Waals surface area (Å²) < 4.78 is 0.